The Bertz CT molecular complexity index is 648. The second-order valence-corrected chi connectivity index (χ2v) is 5.42. The highest BCUT2D eigenvalue weighted by atomic mass is 79.9. The maximum Gasteiger partial charge on any atom is 0.311 e. The number of hydrogen-bond donors (Lipinski definition) is 2. The average Bonchev–Trinajstić information content (AvgIpc) is 2.43. The lowest BCUT2D eigenvalue weighted by atomic mass is 10.1. The molecule has 0 saturated carbocycles. The first-order valence-electron chi connectivity index (χ1n) is 6.16. The Kier molecular flexibility index (Phi) is 4.51. The molecule has 106 valence electrons. The van der Waals surface area contributed by atoms with Crippen LogP contribution in [0, 0.1) is 10.1 Å². The van der Waals surface area contributed by atoms with E-state index in [9.17, 15) is 10.1 Å². The molecule has 1 aromatic carbocycles. The van der Waals surface area contributed by atoms with Gasteiger partial charge in [0.25, 0.3) is 0 Å². The number of aromatic nitrogens is 1. The van der Waals surface area contributed by atoms with Gasteiger partial charge in [-0.2, -0.15) is 0 Å². The number of likely N-dealkylation sites (N-methyl/N-ethyl adjacent to an activating group) is 1. The van der Waals surface area contributed by atoms with Gasteiger partial charge in [0.05, 0.1) is 10.4 Å². The number of nitro groups is 1. The van der Waals surface area contributed by atoms with Crippen molar-refractivity contribution in [3.63, 3.8) is 0 Å². The maximum atomic E-state index is 11.2. The molecule has 0 radical (unpaired) electrons. The van der Waals surface area contributed by atoms with Crippen LogP contribution in [0.15, 0.2) is 28.9 Å². The summed E-state index contributed by atoms with van der Waals surface area (Å²) in [5.74, 6) is 0. The molecule has 0 spiro atoms. The minimum Gasteiger partial charge on any atom is -0.377 e. The molecule has 0 fully saturated rings. The lowest BCUT2D eigenvalue weighted by molar-refractivity contribution is -0.384. The van der Waals surface area contributed by atoms with Gasteiger partial charge in [-0.05, 0) is 32.2 Å². The molecular weight excluding hydrogens is 324 g/mol. The number of pyridine rings is 1. The number of hydrogen-bond acceptors (Lipinski definition) is 5. The van der Waals surface area contributed by atoms with E-state index in [1.807, 2.05) is 32.2 Å². The van der Waals surface area contributed by atoms with E-state index in [2.05, 4.69) is 31.5 Å². The van der Waals surface area contributed by atoms with Crippen LogP contribution in [0.1, 0.15) is 6.92 Å². The SMILES string of the molecule is CNC(C)CNc1c([N+](=O)[O-])cnc2ccc(Br)cc12. The van der Waals surface area contributed by atoms with E-state index in [1.165, 1.54) is 6.20 Å². The zero-order chi connectivity index (χ0) is 14.7. The first kappa shape index (κ1) is 14.7. The summed E-state index contributed by atoms with van der Waals surface area (Å²) in [6.45, 7) is 2.58. The van der Waals surface area contributed by atoms with E-state index in [0.29, 0.717) is 12.2 Å². The fourth-order valence-corrected chi connectivity index (χ4v) is 2.20. The first-order valence-corrected chi connectivity index (χ1v) is 6.96. The molecule has 20 heavy (non-hydrogen) atoms. The van der Waals surface area contributed by atoms with Gasteiger partial charge in [-0.15, -0.1) is 0 Å². The van der Waals surface area contributed by atoms with E-state index < -0.39 is 4.92 Å². The monoisotopic (exact) mass is 338 g/mol. The number of benzene rings is 1. The average molecular weight is 339 g/mol. The third kappa shape index (κ3) is 3.05. The molecule has 7 heteroatoms. The Labute approximate surface area is 124 Å². The quantitative estimate of drug-likeness (QED) is 0.647. The summed E-state index contributed by atoms with van der Waals surface area (Å²) in [6.07, 6.45) is 1.29. The van der Waals surface area contributed by atoms with Crippen molar-refractivity contribution in [3.8, 4) is 0 Å². The normalized spacial score (nSPS) is 12.3. The molecule has 0 aliphatic heterocycles. The van der Waals surface area contributed by atoms with E-state index in [1.54, 1.807) is 0 Å². The third-order valence-electron chi connectivity index (χ3n) is 3.08. The maximum absolute atomic E-state index is 11.2. The van der Waals surface area contributed by atoms with Gasteiger partial charge < -0.3 is 10.6 Å². The number of nitrogens with one attached hydrogen (secondary N) is 2. The number of nitrogens with zero attached hydrogens (tertiary/aromatic N) is 2. The molecule has 2 rings (SSSR count). The standard InChI is InChI=1S/C13H15BrN4O2/c1-8(15-2)6-17-13-10-5-9(14)3-4-11(10)16-7-12(13)18(19)20/h3-5,7-8,15H,6H2,1-2H3,(H,16,17). The van der Waals surface area contributed by atoms with Crippen LogP contribution in [-0.4, -0.2) is 29.5 Å². The predicted molar refractivity (Wildman–Crippen MR) is 83.1 cm³/mol. The van der Waals surface area contributed by atoms with Crippen LogP contribution in [0.5, 0.6) is 0 Å². The Morgan fingerprint density at radius 3 is 2.90 bits per heavy atom. The van der Waals surface area contributed by atoms with Gasteiger partial charge in [-0.25, -0.2) is 4.98 Å². The summed E-state index contributed by atoms with van der Waals surface area (Å²) >= 11 is 3.38. The topological polar surface area (TPSA) is 80.1 Å². The molecule has 0 amide bonds. The van der Waals surface area contributed by atoms with E-state index in [4.69, 9.17) is 0 Å². The Hall–Kier alpha value is -1.73. The van der Waals surface area contributed by atoms with Crippen molar-refractivity contribution in [1.82, 2.24) is 10.3 Å². The lowest BCUT2D eigenvalue weighted by Crippen LogP contribution is -2.29. The summed E-state index contributed by atoms with van der Waals surface area (Å²) in [7, 11) is 1.85. The van der Waals surface area contributed by atoms with Crippen LogP contribution in [0.2, 0.25) is 0 Å². The zero-order valence-electron chi connectivity index (χ0n) is 11.2. The van der Waals surface area contributed by atoms with Crippen molar-refractivity contribution in [2.24, 2.45) is 0 Å². The number of rotatable bonds is 5. The number of fused-ring (bicyclic) bond motifs is 1. The van der Waals surface area contributed by atoms with Crippen molar-refractivity contribution in [1.29, 1.82) is 0 Å². The lowest BCUT2D eigenvalue weighted by Gasteiger charge is -2.14. The zero-order valence-corrected chi connectivity index (χ0v) is 12.8. The van der Waals surface area contributed by atoms with Crippen molar-refractivity contribution < 1.29 is 4.92 Å². The summed E-state index contributed by atoms with van der Waals surface area (Å²) in [4.78, 5) is 14.9. The van der Waals surface area contributed by atoms with Crippen LogP contribution < -0.4 is 10.6 Å². The minimum absolute atomic E-state index is 0.0149. The Morgan fingerprint density at radius 1 is 1.50 bits per heavy atom. The number of anilines is 1. The largest absolute Gasteiger partial charge is 0.377 e. The smallest absolute Gasteiger partial charge is 0.311 e. The van der Waals surface area contributed by atoms with Gasteiger partial charge in [0, 0.05) is 22.4 Å². The second kappa shape index (κ2) is 6.15. The molecule has 0 bridgehead atoms. The van der Waals surface area contributed by atoms with Gasteiger partial charge in [0.1, 0.15) is 11.9 Å². The molecule has 1 atom stereocenters. The number of halogens is 1. The summed E-state index contributed by atoms with van der Waals surface area (Å²) in [6, 6.07) is 5.73. The van der Waals surface area contributed by atoms with Crippen LogP contribution in [-0.2, 0) is 0 Å². The molecule has 0 aliphatic carbocycles. The van der Waals surface area contributed by atoms with Gasteiger partial charge in [0.15, 0.2) is 0 Å². The van der Waals surface area contributed by atoms with Gasteiger partial charge >= 0.3 is 5.69 Å². The summed E-state index contributed by atoms with van der Waals surface area (Å²) in [5, 5.41) is 18.1. The molecule has 0 saturated heterocycles. The molecule has 1 unspecified atom stereocenters. The van der Waals surface area contributed by atoms with Crippen molar-refractivity contribution in [2.75, 3.05) is 18.9 Å². The van der Waals surface area contributed by atoms with Crippen LogP contribution >= 0.6 is 15.9 Å². The van der Waals surface area contributed by atoms with Gasteiger partial charge in [0.2, 0.25) is 0 Å². The third-order valence-corrected chi connectivity index (χ3v) is 3.58. The highest BCUT2D eigenvalue weighted by molar-refractivity contribution is 9.10. The second-order valence-electron chi connectivity index (χ2n) is 4.51. The first-order chi connectivity index (χ1) is 9.52. The molecule has 2 N–H and O–H groups in total. The Morgan fingerprint density at radius 2 is 2.25 bits per heavy atom. The molecule has 1 aromatic heterocycles. The van der Waals surface area contributed by atoms with E-state index >= 15 is 0 Å². The van der Waals surface area contributed by atoms with Crippen LogP contribution in [0.4, 0.5) is 11.4 Å². The van der Waals surface area contributed by atoms with Crippen LogP contribution in [0.25, 0.3) is 10.9 Å². The van der Waals surface area contributed by atoms with Gasteiger partial charge in [-0.3, -0.25) is 10.1 Å². The van der Waals surface area contributed by atoms with Crippen LogP contribution in [0.3, 0.4) is 0 Å². The molecule has 0 aliphatic rings. The van der Waals surface area contributed by atoms with Crippen molar-refractivity contribution >= 4 is 38.2 Å². The molecule has 1 heterocycles. The highest BCUT2D eigenvalue weighted by Gasteiger charge is 2.18. The fourth-order valence-electron chi connectivity index (χ4n) is 1.84. The minimum atomic E-state index is -0.417. The molecule has 2 aromatic rings. The molecular formula is C13H15BrN4O2. The van der Waals surface area contributed by atoms with Crippen molar-refractivity contribution in [2.45, 2.75) is 13.0 Å². The van der Waals surface area contributed by atoms with Crippen molar-refractivity contribution in [3.05, 3.63) is 39.0 Å². The Balaban J connectivity index is 2.52. The summed E-state index contributed by atoms with van der Waals surface area (Å²) in [5.41, 5.74) is 1.21. The van der Waals surface area contributed by atoms with E-state index in [-0.39, 0.29) is 11.7 Å². The fraction of sp³-hybridized carbons (Fsp3) is 0.308. The predicted octanol–water partition coefficient (Wildman–Crippen LogP) is 2.93. The molecule has 6 nitrogen and oxygen atoms in total. The summed E-state index contributed by atoms with van der Waals surface area (Å²) < 4.78 is 0.858. The van der Waals surface area contributed by atoms with Gasteiger partial charge in [-0.1, -0.05) is 15.9 Å². The van der Waals surface area contributed by atoms with E-state index in [0.717, 1.165) is 15.4 Å². The highest BCUT2D eigenvalue weighted by Crippen LogP contribution is 2.33.